The molecule has 2 aliphatic heterocycles. The Kier molecular flexibility index (Phi) is 3.91. The summed E-state index contributed by atoms with van der Waals surface area (Å²) >= 11 is 0. The number of nitrogens with zero attached hydrogens (tertiary/aromatic N) is 2. The first-order valence-electron chi connectivity index (χ1n) is 9.37. The van der Waals surface area contributed by atoms with Crippen molar-refractivity contribution in [2.24, 2.45) is 0 Å². The monoisotopic (exact) mass is 376 g/mol. The van der Waals surface area contributed by atoms with Crippen LogP contribution >= 0.6 is 0 Å². The molecule has 142 valence electrons. The van der Waals surface area contributed by atoms with Gasteiger partial charge in [0.25, 0.3) is 5.91 Å². The lowest BCUT2D eigenvalue weighted by molar-refractivity contribution is -0.150. The largest absolute Gasteiger partial charge is 0.364 e. The minimum Gasteiger partial charge on any atom is -0.364 e. The molecular weight excluding hydrogens is 356 g/mol. The first-order valence-corrected chi connectivity index (χ1v) is 9.37. The molecule has 1 aromatic carbocycles. The van der Waals surface area contributed by atoms with Crippen LogP contribution < -0.4 is 5.32 Å². The Hall–Kier alpha value is -3.19. The molecule has 0 spiro atoms. The van der Waals surface area contributed by atoms with E-state index in [1.165, 1.54) is 0 Å². The quantitative estimate of drug-likeness (QED) is 0.714. The number of aromatic amines is 1. The first kappa shape index (κ1) is 16.9. The Labute approximate surface area is 161 Å². The van der Waals surface area contributed by atoms with E-state index in [1.54, 1.807) is 17.2 Å². The van der Waals surface area contributed by atoms with Gasteiger partial charge < -0.3 is 19.9 Å². The number of likely N-dealkylation sites (tertiary alicyclic amines) is 1. The van der Waals surface area contributed by atoms with Gasteiger partial charge in [0, 0.05) is 24.7 Å². The first-order chi connectivity index (χ1) is 13.7. The number of rotatable bonds is 2. The zero-order valence-electron chi connectivity index (χ0n) is 15.2. The van der Waals surface area contributed by atoms with E-state index in [0.29, 0.717) is 30.9 Å². The summed E-state index contributed by atoms with van der Waals surface area (Å²) in [6, 6.07) is 15.4. The summed E-state index contributed by atoms with van der Waals surface area (Å²) in [5.41, 5.74) is 1.50. The molecule has 2 aromatic heterocycles. The molecule has 2 aliphatic rings. The molecule has 4 heterocycles. The van der Waals surface area contributed by atoms with E-state index in [0.717, 1.165) is 10.9 Å². The summed E-state index contributed by atoms with van der Waals surface area (Å²) in [7, 11) is 0. The maximum absolute atomic E-state index is 13.1. The fraction of sp³-hybridized carbons (Fsp3) is 0.286. The van der Waals surface area contributed by atoms with Crippen LogP contribution in [-0.4, -0.2) is 52.5 Å². The van der Waals surface area contributed by atoms with Gasteiger partial charge in [-0.3, -0.25) is 9.59 Å². The summed E-state index contributed by atoms with van der Waals surface area (Å²) in [6.45, 7) is 0.921. The van der Waals surface area contributed by atoms with Crippen LogP contribution in [0.15, 0.2) is 54.7 Å². The molecule has 2 atom stereocenters. The summed E-state index contributed by atoms with van der Waals surface area (Å²) in [5.74, 6) is -0.252. The van der Waals surface area contributed by atoms with Gasteiger partial charge in [0.15, 0.2) is 0 Å². The average Bonchev–Trinajstić information content (AvgIpc) is 3.21. The van der Waals surface area contributed by atoms with Crippen LogP contribution in [-0.2, 0) is 15.1 Å². The second kappa shape index (κ2) is 6.45. The van der Waals surface area contributed by atoms with Gasteiger partial charge in [-0.05, 0) is 30.2 Å². The molecule has 3 aromatic rings. The van der Waals surface area contributed by atoms with Crippen molar-refractivity contribution in [1.29, 1.82) is 0 Å². The Morgan fingerprint density at radius 3 is 2.89 bits per heavy atom. The zero-order valence-corrected chi connectivity index (χ0v) is 15.2. The maximum Gasteiger partial charge on any atom is 0.272 e. The Bertz CT molecular complexity index is 1050. The number of aromatic nitrogens is 2. The predicted octanol–water partition coefficient (Wildman–Crippen LogP) is 1.82. The number of piperidine rings is 1. The molecule has 0 unspecified atom stereocenters. The van der Waals surface area contributed by atoms with E-state index < -0.39 is 5.54 Å². The van der Waals surface area contributed by atoms with Crippen molar-refractivity contribution in [2.45, 2.75) is 18.1 Å². The topological polar surface area (TPSA) is 87.3 Å². The van der Waals surface area contributed by atoms with Crippen molar-refractivity contribution in [2.75, 3.05) is 19.7 Å². The van der Waals surface area contributed by atoms with E-state index in [9.17, 15) is 9.59 Å². The van der Waals surface area contributed by atoms with Gasteiger partial charge in [0.1, 0.15) is 24.1 Å². The second-order valence-electron chi connectivity index (χ2n) is 7.30. The number of amides is 2. The molecule has 2 fully saturated rings. The van der Waals surface area contributed by atoms with Gasteiger partial charge in [-0.2, -0.15) is 0 Å². The lowest BCUT2D eigenvalue weighted by Crippen LogP contribution is -2.67. The number of carbonyl (C=O) groups excluding carboxylic acids is 2. The minimum atomic E-state index is -0.607. The van der Waals surface area contributed by atoms with Gasteiger partial charge in [0.05, 0.1) is 5.54 Å². The van der Waals surface area contributed by atoms with Gasteiger partial charge in [0.2, 0.25) is 5.91 Å². The normalized spacial score (nSPS) is 24.6. The van der Waals surface area contributed by atoms with E-state index in [4.69, 9.17) is 4.74 Å². The Balaban J connectivity index is 1.43. The second-order valence-corrected chi connectivity index (χ2v) is 7.30. The summed E-state index contributed by atoms with van der Waals surface area (Å²) in [5, 5.41) is 4.11. The molecule has 0 bridgehead atoms. The van der Waals surface area contributed by atoms with Crippen LogP contribution in [0.2, 0.25) is 0 Å². The maximum atomic E-state index is 13.1. The van der Waals surface area contributed by atoms with Gasteiger partial charge in [-0.1, -0.05) is 30.3 Å². The van der Waals surface area contributed by atoms with Gasteiger partial charge in [-0.25, -0.2) is 4.98 Å². The summed E-state index contributed by atoms with van der Waals surface area (Å²) in [4.78, 5) is 34.4. The Morgan fingerprint density at radius 1 is 1.18 bits per heavy atom. The summed E-state index contributed by atoms with van der Waals surface area (Å²) < 4.78 is 5.89. The number of benzene rings is 1. The SMILES string of the molecule is O=C1CO[C@@H]2CN(C(=O)c3ccc4cc[nH]c4n3)CC[C@@]2(c2ccccc2)N1. The van der Waals surface area contributed by atoms with E-state index >= 15 is 0 Å². The highest BCUT2D eigenvalue weighted by Gasteiger charge is 2.49. The highest BCUT2D eigenvalue weighted by molar-refractivity contribution is 5.94. The number of fused-ring (bicyclic) bond motifs is 2. The number of hydrogen-bond donors (Lipinski definition) is 2. The number of hydrogen-bond acceptors (Lipinski definition) is 4. The van der Waals surface area contributed by atoms with Crippen LogP contribution in [0.25, 0.3) is 11.0 Å². The third-order valence-electron chi connectivity index (χ3n) is 5.69. The Morgan fingerprint density at radius 2 is 2.04 bits per heavy atom. The number of H-pyrrole nitrogens is 1. The van der Waals surface area contributed by atoms with Crippen molar-refractivity contribution in [1.82, 2.24) is 20.2 Å². The lowest BCUT2D eigenvalue weighted by atomic mass is 9.77. The van der Waals surface area contributed by atoms with Crippen molar-refractivity contribution < 1.29 is 14.3 Å². The smallest absolute Gasteiger partial charge is 0.272 e. The van der Waals surface area contributed by atoms with Crippen LogP contribution in [0.5, 0.6) is 0 Å². The molecule has 28 heavy (non-hydrogen) atoms. The standard InChI is InChI=1S/C21H20N4O3/c26-18-13-28-17-12-25(11-9-21(17,24-18)15-4-2-1-3-5-15)20(27)16-7-6-14-8-10-22-19(14)23-16/h1-8,10,17H,9,11-13H2,(H,22,23)(H,24,26)/t17-,21+/m1/s1. The molecule has 2 amide bonds. The van der Waals surface area contributed by atoms with Crippen LogP contribution in [0.1, 0.15) is 22.5 Å². The average molecular weight is 376 g/mol. The van der Waals surface area contributed by atoms with Crippen LogP contribution in [0.4, 0.5) is 0 Å². The number of pyridine rings is 1. The highest BCUT2D eigenvalue weighted by atomic mass is 16.5. The molecule has 7 nitrogen and oxygen atoms in total. The zero-order chi connectivity index (χ0) is 19.1. The molecule has 0 aliphatic carbocycles. The number of ether oxygens (including phenoxy) is 1. The molecule has 5 rings (SSSR count). The molecule has 0 radical (unpaired) electrons. The van der Waals surface area contributed by atoms with Crippen molar-refractivity contribution >= 4 is 22.8 Å². The van der Waals surface area contributed by atoms with Crippen molar-refractivity contribution in [3.63, 3.8) is 0 Å². The minimum absolute atomic E-state index is 0.00790. The third kappa shape index (κ3) is 2.66. The van der Waals surface area contributed by atoms with E-state index in [-0.39, 0.29) is 24.5 Å². The fourth-order valence-electron chi connectivity index (χ4n) is 4.25. The third-order valence-corrected chi connectivity index (χ3v) is 5.69. The highest BCUT2D eigenvalue weighted by Crippen LogP contribution is 2.37. The van der Waals surface area contributed by atoms with Crippen LogP contribution in [0.3, 0.4) is 0 Å². The molecular formula is C21H20N4O3. The van der Waals surface area contributed by atoms with Crippen molar-refractivity contribution in [3.8, 4) is 0 Å². The molecule has 2 N–H and O–H groups in total. The number of nitrogens with one attached hydrogen (secondary N) is 2. The number of morpholine rings is 1. The lowest BCUT2D eigenvalue weighted by Gasteiger charge is -2.50. The molecule has 0 saturated carbocycles. The van der Waals surface area contributed by atoms with Gasteiger partial charge >= 0.3 is 0 Å². The van der Waals surface area contributed by atoms with E-state index in [1.807, 2.05) is 42.5 Å². The summed E-state index contributed by atoms with van der Waals surface area (Å²) in [6.07, 6.45) is 2.09. The fourth-order valence-corrected chi connectivity index (χ4v) is 4.25. The molecule has 7 heteroatoms. The molecule has 2 saturated heterocycles. The number of carbonyl (C=O) groups is 2. The van der Waals surface area contributed by atoms with Crippen LogP contribution in [0, 0.1) is 0 Å². The predicted molar refractivity (Wildman–Crippen MR) is 103 cm³/mol. The van der Waals surface area contributed by atoms with E-state index in [2.05, 4.69) is 15.3 Å². The van der Waals surface area contributed by atoms with Crippen molar-refractivity contribution in [3.05, 3.63) is 66.0 Å². The van der Waals surface area contributed by atoms with Gasteiger partial charge in [-0.15, -0.1) is 0 Å².